The molecule has 0 amide bonds. The van der Waals surface area contributed by atoms with Gasteiger partial charge >= 0.3 is 0 Å². The molecule has 0 saturated heterocycles. The summed E-state index contributed by atoms with van der Waals surface area (Å²) in [6.07, 6.45) is 1.63. The van der Waals surface area contributed by atoms with Crippen LogP contribution >= 0.6 is 35.8 Å². The van der Waals surface area contributed by atoms with E-state index in [-0.39, 0.29) is 0 Å². The van der Waals surface area contributed by atoms with Gasteiger partial charge < -0.3 is 0 Å². The van der Waals surface area contributed by atoms with Gasteiger partial charge in [-0.2, -0.15) is 0 Å². The third-order valence-electron chi connectivity index (χ3n) is 0.541. The van der Waals surface area contributed by atoms with Crippen LogP contribution in [0.4, 0.5) is 0 Å². The highest BCUT2D eigenvalue weighted by Crippen LogP contribution is 2.30. The normalized spacial score (nSPS) is 12.0. The number of rotatable bonds is 2. The first-order valence-corrected chi connectivity index (χ1v) is 3.31. The van der Waals surface area contributed by atoms with E-state index in [1.165, 1.54) is 0 Å². The zero-order valence-electron chi connectivity index (χ0n) is 4.08. The summed E-state index contributed by atoms with van der Waals surface area (Å²) >= 11 is 15.4. The Bertz CT molecular complexity index is 48.1. The lowest BCUT2D eigenvalue weighted by molar-refractivity contribution is 0.833. The van der Waals surface area contributed by atoms with Crippen molar-refractivity contribution in [3.05, 3.63) is 0 Å². The fourth-order valence-electron chi connectivity index (χ4n) is 0.291. The zero-order chi connectivity index (χ0) is 5.91. The molecule has 0 aromatic heterocycles. The van der Waals surface area contributed by atoms with Crippen LogP contribution in [0.1, 0.15) is 19.8 Å². The lowest BCUT2D eigenvalue weighted by atomic mass is 10.4. The molecule has 0 aliphatic carbocycles. The monoisotopic (exact) mass is 157 g/mol. The lowest BCUT2D eigenvalue weighted by Crippen LogP contribution is -1.99. The maximum Gasteiger partial charge on any atom is 0.173 e. The summed E-state index contributed by atoms with van der Waals surface area (Å²) in [6, 6.07) is 0. The largest absolute Gasteiger partial charge is 0.173 e. The molecule has 0 aliphatic heterocycles. The van der Waals surface area contributed by atoms with Gasteiger partial charge in [0.1, 0.15) is 0 Å². The topological polar surface area (TPSA) is 0 Å². The molecular formula is C4H7Cl2S. The smallest absolute Gasteiger partial charge is 0.0885 e. The second kappa shape index (κ2) is 3.06. The molecule has 0 N–H and O–H groups in total. The predicted molar refractivity (Wildman–Crippen MR) is 36.9 cm³/mol. The van der Waals surface area contributed by atoms with Crippen LogP contribution in [-0.4, -0.2) is 3.67 Å². The molecule has 0 aromatic carbocycles. The summed E-state index contributed by atoms with van der Waals surface area (Å²) in [5.41, 5.74) is 0. The van der Waals surface area contributed by atoms with Crippen molar-refractivity contribution >= 4 is 35.8 Å². The highest BCUT2D eigenvalue weighted by atomic mass is 35.5. The molecule has 0 nitrogen and oxygen atoms in total. The summed E-state index contributed by atoms with van der Waals surface area (Å²) < 4.78 is -0.922. The molecule has 0 saturated carbocycles. The van der Waals surface area contributed by atoms with E-state index in [0.717, 1.165) is 6.42 Å². The number of hydrogen-bond donors (Lipinski definition) is 0. The fraction of sp³-hybridized carbons (Fsp3) is 1.00. The summed E-state index contributed by atoms with van der Waals surface area (Å²) in [5, 5.41) is 0. The molecule has 7 heavy (non-hydrogen) atoms. The van der Waals surface area contributed by atoms with Crippen molar-refractivity contribution < 1.29 is 0 Å². The molecule has 0 atom stereocenters. The number of halogens is 2. The minimum Gasteiger partial charge on any atom is -0.0885 e. The Morgan fingerprint density at radius 2 is 2.00 bits per heavy atom. The zero-order valence-corrected chi connectivity index (χ0v) is 6.41. The average Bonchev–Trinajstić information content (AvgIpc) is 1.30. The first-order chi connectivity index (χ1) is 3.06. The van der Waals surface area contributed by atoms with Crippen molar-refractivity contribution in [3.63, 3.8) is 0 Å². The number of hydrogen-bond acceptors (Lipinski definition) is 0. The van der Waals surface area contributed by atoms with E-state index >= 15 is 0 Å². The van der Waals surface area contributed by atoms with Crippen LogP contribution in [0.25, 0.3) is 0 Å². The Kier molecular flexibility index (Phi) is 3.46. The van der Waals surface area contributed by atoms with Crippen LogP contribution in [0.3, 0.4) is 0 Å². The van der Waals surface area contributed by atoms with Gasteiger partial charge in [-0.3, -0.25) is 0 Å². The van der Waals surface area contributed by atoms with E-state index in [4.69, 9.17) is 23.2 Å². The van der Waals surface area contributed by atoms with Crippen LogP contribution in [0.5, 0.6) is 0 Å². The van der Waals surface area contributed by atoms with Gasteiger partial charge in [-0.25, -0.2) is 0 Å². The standard InChI is InChI=1S/C4H7Cl2S/c1-2-3-4(5,6)7/h2-3H2,1H3. The maximum absolute atomic E-state index is 5.41. The van der Waals surface area contributed by atoms with Gasteiger partial charge in [0, 0.05) is 0 Å². The first kappa shape index (κ1) is 7.93. The van der Waals surface area contributed by atoms with Gasteiger partial charge in [-0.15, -0.1) is 0 Å². The van der Waals surface area contributed by atoms with E-state index in [2.05, 4.69) is 12.6 Å². The predicted octanol–water partition coefficient (Wildman–Crippen LogP) is 3.12. The highest BCUT2D eigenvalue weighted by molar-refractivity contribution is 7.85. The quantitative estimate of drug-likeness (QED) is 0.541. The van der Waals surface area contributed by atoms with Crippen molar-refractivity contribution in [1.29, 1.82) is 0 Å². The molecule has 0 heterocycles. The molecule has 43 valence electrons. The second-order valence-electron chi connectivity index (χ2n) is 1.39. The molecule has 0 aliphatic rings. The van der Waals surface area contributed by atoms with Gasteiger partial charge in [-0.05, 0) is 6.42 Å². The van der Waals surface area contributed by atoms with Crippen LogP contribution in [0.15, 0.2) is 0 Å². The van der Waals surface area contributed by atoms with Crippen LogP contribution in [0, 0.1) is 0 Å². The van der Waals surface area contributed by atoms with E-state index < -0.39 is 3.67 Å². The average molecular weight is 158 g/mol. The highest BCUT2D eigenvalue weighted by Gasteiger charge is 2.15. The minimum atomic E-state index is -0.922. The van der Waals surface area contributed by atoms with Gasteiger partial charge in [0.25, 0.3) is 0 Å². The third kappa shape index (κ3) is 6.93. The van der Waals surface area contributed by atoms with E-state index in [9.17, 15) is 0 Å². The van der Waals surface area contributed by atoms with E-state index in [0.29, 0.717) is 6.42 Å². The van der Waals surface area contributed by atoms with Crippen LogP contribution in [-0.2, 0) is 0 Å². The molecule has 0 unspecified atom stereocenters. The second-order valence-corrected chi connectivity index (χ2v) is 4.02. The molecule has 0 bridgehead atoms. The SMILES string of the molecule is CCCC([S])(Cl)Cl. The van der Waals surface area contributed by atoms with Crippen LogP contribution < -0.4 is 0 Å². The molecule has 0 fully saturated rings. The summed E-state index contributed by atoms with van der Waals surface area (Å²) in [4.78, 5) is 0. The minimum absolute atomic E-state index is 0.686. The van der Waals surface area contributed by atoms with Gasteiger partial charge in [-0.1, -0.05) is 49.2 Å². The third-order valence-corrected chi connectivity index (χ3v) is 1.12. The fourth-order valence-corrected chi connectivity index (χ4v) is 0.873. The van der Waals surface area contributed by atoms with Crippen molar-refractivity contribution in [3.8, 4) is 0 Å². The lowest BCUT2D eigenvalue weighted by Gasteiger charge is -2.06. The van der Waals surface area contributed by atoms with E-state index in [1.54, 1.807) is 0 Å². The molecule has 3 heteroatoms. The van der Waals surface area contributed by atoms with Gasteiger partial charge in [0.15, 0.2) is 3.67 Å². The summed E-state index contributed by atoms with van der Waals surface area (Å²) in [7, 11) is 0. The van der Waals surface area contributed by atoms with Crippen molar-refractivity contribution in [2.45, 2.75) is 23.4 Å². The molecule has 0 aromatic rings. The molecule has 0 spiro atoms. The van der Waals surface area contributed by atoms with Crippen LogP contribution in [0.2, 0.25) is 0 Å². The summed E-state index contributed by atoms with van der Waals surface area (Å²) in [5.74, 6) is 0. The van der Waals surface area contributed by atoms with Crippen molar-refractivity contribution in [2.24, 2.45) is 0 Å². The Balaban J connectivity index is 3.15. The molecule has 1 radical (unpaired) electrons. The Morgan fingerprint density at radius 1 is 1.57 bits per heavy atom. The van der Waals surface area contributed by atoms with Crippen molar-refractivity contribution in [2.75, 3.05) is 0 Å². The Labute approximate surface area is 59.6 Å². The summed E-state index contributed by atoms with van der Waals surface area (Å²) in [6.45, 7) is 1.99. The Morgan fingerprint density at radius 3 is 2.00 bits per heavy atom. The molecule has 0 rings (SSSR count). The first-order valence-electron chi connectivity index (χ1n) is 2.14. The Hall–Kier alpha value is 0.930. The molecular weight excluding hydrogens is 151 g/mol. The van der Waals surface area contributed by atoms with Gasteiger partial charge in [0.05, 0.1) is 0 Å². The van der Waals surface area contributed by atoms with E-state index in [1.807, 2.05) is 6.92 Å². The number of alkyl halides is 2. The van der Waals surface area contributed by atoms with Gasteiger partial charge in [0.2, 0.25) is 0 Å². The maximum atomic E-state index is 5.41. The van der Waals surface area contributed by atoms with Crippen molar-refractivity contribution in [1.82, 2.24) is 0 Å².